The SMILES string of the molecule is COC(=O)[C@@H]1C[C@@H]1CS(=O)(=O)Cl. The Kier molecular flexibility index (Phi) is 2.63. The maximum Gasteiger partial charge on any atom is 0.308 e. The second-order valence-electron chi connectivity index (χ2n) is 2.83. The molecule has 0 aromatic carbocycles. The van der Waals surface area contributed by atoms with Crippen molar-refractivity contribution in [2.24, 2.45) is 11.8 Å². The lowest BCUT2D eigenvalue weighted by Gasteiger charge is -1.95. The number of esters is 1. The fraction of sp³-hybridized carbons (Fsp3) is 0.833. The third kappa shape index (κ3) is 2.64. The molecule has 0 aromatic heterocycles. The number of halogens is 1. The van der Waals surface area contributed by atoms with Gasteiger partial charge in [-0.1, -0.05) is 0 Å². The molecule has 1 aliphatic carbocycles. The molecule has 0 saturated heterocycles. The van der Waals surface area contributed by atoms with Crippen molar-refractivity contribution in [1.29, 1.82) is 0 Å². The maximum absolute atomic E-state index is 10.8. The molecule has 0 radical (unpaired) electrons. The lowest BCUT2D eigenvalue weighted by Crippen LogP contribution is -2.08. The van der Waals surface area contributed by atoms with E-state index < -0.39 is 9.05 Å². The Morgan fingerprint density at radius 2 is 2.25 bits per heavy atom. The summed E-state index contributed by atoms with van der Waals surface area (Å²) in [6.45, 7) is 0. The van der Waals surface area contributed by atoms with Crippen LogP contribution in [0.5, 0.6) is 0 Å². The molecule has 1 rings (SSSR count). The molecule has 0 aliphatic heterocycles. The van der Waals surface area contributed by atoms with Gasteiger partial charge >= 0.3 is 5.97 Å². The van der Waals surface area contributed by atoms with Crippen LogP contribution in [0.2, 0.25) is 0 Å². The smallest absolute Gasteiger partial charge is 0.308 e. The Bertz CT molecular complexity index is 284. The van der Waals surface area contributed by atoms with E-state index in [1.54, 1.807) is 0 Å². The van der Waals surface area contributed by atoms with Gasteiger partial charge in [-0.2, -0.15) is 0 Å². The van der Waals surface area contributed by atoms with Crippen LogP contribution in [0.25, 0.3) is 0 Å². The largest absolute Gasteiger partial charge is 0.469 e. The van der Waals surface area contributed by atoms with Crippen molar-refractivity contribution in [3.63, 3.8) is 0 Å². The Hall–Kier alpha value is -0.290. The first kappa shape index (κ1) is 9.80. The Labute approximate surface area is 75.3 Å². The van der Waals surface area contributed by atoms with Crippen molar-refractivity contribution in [2.75, 3.05) is 12.9 Å². The highest BCUT2D eigenvalue weighted by molar-refractivity contribution is 8.13. The first-order valence-electron chi connectivity index (χ1n) is 3.44. The number of rotatable bonds is 3. The Morgan fingerprint density at radius 3 is 2.67 bits per heavy atom. The molecule has 1 saturated carbocycles. The van der Waals surface area contributed by atoms with Crippen LogP contribution in [0.15, 0.2) is 0 Å². The van der Waals surface area contributed by atoms with Gasteiger partial charge < -0.3 is 4.74 Å². The molecule has 4 nitrogen and oxygen atoms in total. The fourth-order valence-corrected chi connectivity index (χ4v) is 2.49. The van der Waals surface area contributed by atoms with Crippen molar-refractivity contribution < 1.29 is 17.9 Å². The molecule has 0 unspecified atom stereocenters. The van der Waals surface area contributed by atoms with E-state index in [4.69, 9.17) is 10.7 Å². The van der Waals surface area contributed by atoms with Gasteiger partial charge in [0.25, 0.3) is 0 Å². The van der Waals surface area contributed by atoms with Gasteiger partial charge in [-0.3, -0.25) is 4.79 Å². The molecule has 1 fully saturated rings. The molecule has 6 heteroatoms. The van der Waals surface area contributed by atoms with Gasteiger partial charge in [0, 0.05) is 10.7 Å². The topological polar surface area (TPSA) is 60.4 Å². The molecule has 12 heavy (non-hydrogen) atoms. The van der Waals surface area contributed by atoms with Crippen molar-refractivity contribution >= 4 is 25.7 Å². The van der Waals surface area contributed by atoms with Gasteiger partial charge in [-0.15, -0.1) is 0 Å². The molecule has 1 aliphatic rings. The molecule has 0 amide bonds. The van der Waals surface area contributed by atoms with Gasteiger partial charge in [0.2, 0.25) is 9.05 Å². The van der Waals surface area contributed by atoms with E-state index >= 15 is 0 Å². The number of carbonyl (C=O) groups excluding carboxylic acids is 1. The van der Waals surface area contributed by atoms with Crippen molar-refractivity contribution in [3.05, 3.63) is 0 Å². The van der Waals surface area contributed by atoms with Gasteiger partial charge in [-0.05, 0) is 12.3 Å². The minimum atomic E-state index is -3.47. The van der Waals surface area contributed by atoms with E-state index in [2.05, 4.69) is 4.74 Å². The van der Waals surface area contributed by atoms with Crippen LogP contribution < -0.4 is 0 Å². The number of ether oxygens (including phenoxy) is 1. The van der Waals surface area contributed by atoms with Crippen molar-refractivity contribution in [1.82, 2.24) is 0 Å². The number of hydrogen-bond acceptors (Lipinski definition) is 4. The molecule has 2 atom stereocenters. The standard InChI is InChI=1S/C6H9ClO4S/c1-11-6(8)5-2-4(5)3-12(7,9)10/h4-5H,2-3H2,1H3/t4-,5-/m1/s1. The molecule has 0 heterocycles. The normalized spacial score (nSPS) is 28.2. The number of methoxy groups -OCH3 is 1. The summed E-state index contributed by atoms with van der Waals surface area (Å²) >= 11 is 0. The highest BCUT2D eigenvalue weighted by atomic mass is 35.7. The molecule has 70 valence electrons. The predicted octanol–water partition coefficient (Wildman–Crippen LogP) is 0.364. The minimum absolute atomic E-state index is 0.131. The summed E-state index contributed by atoms with van der Waals surface area (Å²) in [6, 6.07) is 0. The second kappa shape index (κ2) is 3.22. The predicted molar refractivity (Wildman–Crippen MR) is 43.3 cm³/mol. The van der Waals surface area contributed by atoms with Crippen LogP contribution in [-0.4, -0.2) is 27.2 Å². The molecule has 0 spiro atoms. The lowest BCUT2D eigenvalue weighted by atomic mass is 10.3. The van der Waals surface area contributed by atoms with E-state index in [0.717, 1.165) is 0 Å². The van der Waals surface area contributed by atoms with E-state index in [1.165, 1.54) is 7.11 Å². The summed E-state index contributed by atoms with van der Waals surface area (Å²) in [5.74, 6) is -0.877. The van der Waals surface area contributed by atoms with Crippen LogP contribution in [-0.2, 0) is 18.6 Å². The van der Waals surface area contributed by atoms with Crippen LogP contribution in [0.3, 0.4) is 0 Å². The van der Waals surface area contributed by atoms with Crippen LogP contribution in [0, 0.1) is 11.8 Å². The summed E-state index contributed by atoms with van der Waals surface area (Å²) in [4.78, 5) is 10.8. The monoisotopic (exact) mass is 212 g/mol. The highest BCUT2D eigenvalue weighted by Gasteiger charge is 2.45. The van der Waals surface area contributed by atoms with Gasteiger partial charge in [0.05, 0.1) is 18.8 Å². The zero-order valence-electron chi connectivity index (χ0n) is 6.49. The summed E-state index contributed by atoms with van der Waals surface area (Å²) in [7, 11) is 2.81. The van der Waals surface area contributed by atoms with Gasteiger partial charge in [-0.25, -0.2) is 8.42 Å². The summed E-state index contributed by atoms with van der Waals surface area (Å²) < 4.78 is 25.5. The molecule has 0 aromatic rings. The van der Waals surface area contributed by atoms with Crippen LogP contribution >= 0.6 is 10.7 Å². The fourth-order valence-electron chi connectivity index (χ4n) is 1.13. The summed E-state index contributed by atoms with van der Waals surface area (Å²) in [5, 5.41) is 0. The average Bonchev–Trinajstić information content (AvgIpc) is 2.62. The number of carbonyl (C=O) groups is 1. The van der Waals surface area contributed by atoms with Crippen LogP contribution in [0.1, 0.15) is 6.42 Å². The first-order valence-corrected chi connectivity index (χ1v) is 5.92. The van der Waals surface area contributed by atoms with Crippen LogP contribution in [0.4, 0.5) is 0 Å². The number of hydrogen-bond donors (Lipinski definition) is 0. The average molecular weight is 213 g/mol. The van der Waals surface area contributed by atoms with E-state index in [1.807, 2.05) is 0 Å². The molecular weight excluding hydrogens is 204 g/mol. The quantitative estimate of drug-likeness (QED) is 0.501. The minimum Gasteiger partial charge on any atom is -0.469 e. The van der Waals surface area contributed by atoms with Crippen molar-refractivity contribution in [2.45, 2.75) is 6.42 Å². The molecule has 0 bridgehead atoms. The van der Waals surface area contributed by atoms with E-state index in [-0.39, 0.29) is 23.6 Å². The zero-order valence-corrected chi connectivity index (χ0v) is 8.06. The van der Waals surface area contributed by atoms with E-state index in [9.17, 15) is 13.2 Å². The third-order valence-electron chi connectivity index (χ3n) is 1.84. The summed E-state index contributed by atoms with van der Waals surface area (Å²) in [6.07, 6.45) is 0.568. The highest BCUT2D eigenvalue weighted by Crippen LogP contribution is 2.40. The van der Waals surface area contributed by atoms with E-state index in [0.29, 0.717) is 6.42 Å². The third-order valence-corrected chi connectivity index (χ3v) is 3.04. The first-order chi connectivity index (χ1) is 5.44. The van der Waals surface area contributed by atoms with Gasteiger partial charge in [0.1, 0.15) is 0 Å². The Morgan fingerprint density at radius 1 is 1.67 bits per heavy atom. The van der Waals surface area contributed by atoms with Crippen molar-refractivity contribution in [3.8, 4) is 0 Å². The second-order valence-corrected chi connectivity index (χ2v) is 5.65. The summed E-state index contributed by atoms with van der Waals surface area (Å²) in [5.41, 5.74) is 0. The zero-order chi connectivity index (χ0) is 9.35. The maximum atomic E-state index is 10.8. The lowest BCUT2D eigenvalue weighted by molar-refractivity contribution is -0.142. The molecular formula is C6H9ClO4S. The Balaban J connectivity index is 2.39. The van der Waals surface area contributed by atoms with Gasteiger partial charge in [0.15, 0.2) is 0 Å². The molecule has 0 N–H and O–H groups in total.